The molecule has 0 heterocycles. The fraction of sp³-hybridized carbons (Fsp3) is 0.316. The van der Waals surface area contributed by atoms with Crippen molar-refractivity contribution in [3.8, 4) is 0 Å². The molecular formula is C19H24N2O2. The largest absolute Gasteiger partial charge is 0.450 e. The van der Waals surface area contributed by atoms with Crippen LogP contribution in [0.25, 0.3) is 0 Å². The van der Waals surface area contributed by atoms with Gasteiger partial charge < -0.3 is 15.4 Å². The molecule has 0 saturated carbocycles. The third-order valence-electron chi connectivity index (χ3n) is 3.65. The summed E-state index contributed by atoms with van der Waals surface area (Å²) >= 11 is 0. The molecule has 0 aromatic heterocycles. The first kappa shape index (κ1) is 16.9. The fourth-order valence-electron chi connectivity index (χ4n) is 2.26. The lowest BCUT2D eigenvalue weighted by Crippen LogP contribution is -2.29. The average Bonchev–Trinajstić information content (AvgIpc) is 2.60. The summed E-state index contributed by atoms with van der Waals surface area (Å²) in [6, 6.07) is 20.1. The summed E-state index contributed by atoms with van der Waals surface area (Å²) in [7, 11) is 0. The first-order valence-electron chi connectivity index (χ1n) is 8.00. The number of para-hydroxylation sites is 1. The number of rotatable bonds is 8. The van der Waals surface area contributed by atoms with Crippen molar-refractivity contribution in [1.29, 1.82) is 0 Å². The molecule has 0 aliphatic carbocycles. The Balaban J connectivity index is 1.55. The second-order valence-electron chi connectivity index (χ2n) is 5.46. The van der Waals surface area contributed by atoms with E-state index in [0.29, 0.717) is 25.6 Å². The fourth-order valence-corrected chi connectivity index (χ4v) is 2.26. The molecule has 1 unspecified atom stereocenters. The Morgan fingerprint density at radius 1 is 1.00 bits per heavy atom. The molecule has 2 aromatic rings. The topological polar surface area (TPSA) is 50.4 Å². The minimum atomic E-state index is -0.361. The molecule has 23 heavy (non-hydrogen) atoms. The lowest BCUT2D eigenvalue weighted by Gasteiger charge is -2.12. The Hall–Kier alpha value is -2.49. The van der Waals surface area contributed by atoms with Crippen molar-refractivity contribution >= 4 is 11.8 Å². The Bertz CT molecular complexity index is 572. The van der Waals surface area contributed by atoms with Crippen molar-refractivity contribution in [2.75, 3.05) is 25.0 Å². The van der Waals surface area contributed by atoms with E-state index in [9.17, 15) is 4.79 Å². The van der Waals surface area contributed by atoms with Gasteiger partial charge in [-0.15, -0.1) is 0 Å². The summed E-state index contributed by atoms with van der Waals surface area (Å²) in [5, 5.41) is 5.97. The highest BCUT2D eigenvalue weighted by molar-refractivity contribution is 5.67. The molecule has 0 bridgehead atoms. The number of hydrogen-bond donors (Lipinski definition) is 2. The molecule has 0 saturated heterocycles. The zero-order chi connectivity index (χ0) is 16.3. The van der Waals surface area contributed by atoms with Crippen LogP contribution in [0.4, 0.5) is 10.5 Å². The summed E-state index contributed by atoms with van der Waals surface area (Å²) < 4.78 is 5.21. The summed E-state index contributed by atoms with van der Waals surface area (Å²) in [5.74, 6) is 0.378. The molecule has 0 radical (unpaired) electrons. The zero-order valence-electron chi connectivity index (χ0n) is 13.5. The third-order valence-corrected chi connectivity index (χ3v) is 3.65. The first-order chi connectivity index (χ1) is 11.3. The smallest absolute Gasteiger partial charge is 0.407 e. The van der Waals surface area contributed by atoms with Gasteiger partial charge in [-0.1, -0.05) is 55.5 Å². The first-order valence-corrected chi connectivity index (χ1v) is 8.00. The number of ether oxygens (including phenoxy) is 1. The second-order valence-corrected chi connectivity index (χ2v) is 5.46. The molecule has 0 spiro atoms. The maximum Gasteiger partial charge on any atom is 0.407 e. The molecule has 1 atom stereocenters. The van der Waals surface area contributed by atoms with Crippen molar-refractivity contribution in [3.63, 3.8) is 0 Å². The monoisotopic (exact) mass is 312 g/mol. The van der Waals surface area contributed by atoms with Crippen molar-refractivity contribution in [2.45, 2.75) is 19.3 Å². The molecule has 1 amide bonds. The van der Waals surface area contributed by atoms with E-state index in [1.165, 1.54) is 5.56 Å². The summed E-state index contributed by atoms with van der Waals surface area (Å²) in [6.07, 6.45) is 0.458. The highest BCUT2D eigenvalue weighted by atomic mass is 16.5. The van der Waals surface area contributed by atoms with Crippen LogP contribution in [-0.2, 0) is 4.74 Å². The molecule has 2 aromatic carbocycles. The molecule has 0 aliphatic heterocycles. The molecule has 0 aliphatic rings. The van der Waals surface area contributed by atoms with Gasteiger partial charge in [-0.2, -0.15) is 0 Å². The number of hydrogen-bond acceptors (Lipinski definition) is 3. The summed E-state index contributed by atoms with van der Waals surface area (Å²) in [5.41, 5.74) is 2.31. The van der Waals surface area contributed by atoms with E-state index in [-0.39, 0.29) is 6.09 Å². The SMILES string of the molecule is CC(CCOC(=O)NCCNc1ccccc1)c1ccccc1. The maximum absolute atomic E-state index is 11.6. The lowest BCUT2D eigenvalue weighted by atomic mass is 9.98. The number of benzene rings is 2. The van der Waals surface area contributed by atoms with Gasteiger partial charge in [-0.3, -0.25) is 0 Å². The van der Waals surface area contributed by atoms with Crippen LogP contribution >= 0.6 is 0 Å². The highest BCUT2D eigenvalue weighted by Gasteiger charge is 2.07. The van der Waals surface area contributed by atoms with E-state index in [4.69, 9.17) is 4.74 Å². The molecular weight excluding hydrogens is 288 g/mol. The minimum Gasteiger partial charge on any atom is -0.450 e. The number of carbonyl (C=O) groups excluding carboxylic acids is 1. The maximum atomic E-state index is 11.6. The van der Waals surface area contributed by atoms with Crippen LogP contribution in [0.5, 0.6) is 0 Å². The second kappa shape index (κ2) is 9.51. The Morgan fingerprint density at radius 2 is 1.65 bits per heavy atom. The highest BCUT2D eigenvalue weighted by Crippen LogP contribution is 2.18. The Kier molecular flexibility index (Phi) is 6.98. The van der Waals surface area contributed by atoms with E-state index in [1.807, 2.05) is 48.5 Å². The molecule has 2 rings (SSSR count). The van der Waals surface area contributed by atoms with Crippen molar-refractivity contribution in [3.05, 3.63) is 66.2 Å². The number of carbonyl (C=O) groups is 1. The number of anilines is 1. The van der Waals surface area contributed by atoms with Crippen LogP contribution < -0.4 is 10.6 Å². The summed E-state index contributed by atoms with van der Waals surface area (Å²) in [6.45, 7) is 3.76. The molecule has 0 fully saturated rings. The van der Waals surface area contributed by atoms with Gasteiger partial charge in [0.15, 0.2) is 0 Å². The van der Waals surface area contributed by atoms with E-state index in [1.54, 1.807) is 0 Å². The molecule has 122 valence electrons. The Morgan fingerprint density at radius 3 is 2.35 bits per heavy atom. The number of alkyl carbamates (subject to hydrolysis) is 1. The van der Waals surface area contributed by atoms with Gasteiger partial charge in [-0.25, -0.2) is 4.79 Å². The van der Waals surface area contributed by atoms with Gasteiger partial charge in [0.1, 0.15) is 0 Å². The van der Waals surface area contributed by atoms with Crippen LogP contribution in [0.2, 0.25) is 0 Å². The van der Waals surface area contributed by atoms with Gasteiger partial charge in [0.2, 0.25) is 0 Å². The van der Waals surface area contributed by atoms with E-state index in [2.05, 4.69) is 29.7 Å². The molecule has 4 nitrogen and oxygen atoms in total. The van der Waals surface area contributed by atoms with Crippen LogP contribution in [0.3, 0.4) is 0 Å². The predicted octanol–water partition coefficient (Wildman–Crippen LogP) is 4.02. The normalized spacial score (nSPS) is 11.5. The van der Waals surface area contributed by atoms with E-state index in [0.717, 1.165) is 12.1 Å². The standard InChI is InChI=1S/C19H24N2O2/c1-16(17-8-4-2-5-9-17)12-15-23-19(22)21-14-13-20-18-10-6-3-7-11-18/h2-11,16,20H,12-15H2,1H3,(H,21,22). The van der Waals surface area contributed by atoms with Crippen molar-refractivity contribution < 1.29 is 9.53 Å². The van der Waals surface area contributed by atoms with Gasteiger partial charge in [-0.05, 0) is 30.0 Å². The number of amides is 1. The minimum absolute atomic E-state index is 0.361. The third kappa shape index (κ3) is 6.43. The van der Waals surface area contributed by atoms with Gasteiger partial charge >= 0.3 is 6.09 Å². The Labute approximate surface area is 137 Å². The van der Waals surface area contributed by atoms with Crippen LogP contribution in [0.1, 0.15) is 24.8 Å². The number of nitrogens with one attached hydrogen (secondary N) is 2. The van der Waals surface area contributed by atoms with Gasteiger partial charge in [0, 0.05) is 18.8 Å². The van der Waals surface area contributed by atoms with Crippen molar-refractivity contribution in [2.24, 2.45) is 0 Å². The molecule has 4 heteroatoms. The van der Waals surface area contributed by atoms with Crippen LogP contribution in [0, 0.1) is 0 Å². The average molecular weight is 312 g/mol. The van der Waals surface area contributed by atoms with Crippen LogP contribution in [0.15, 0.2) is 60.7 Å². The molecule has 2 N–H and O–H groups in total. The van der Waals surface area contributed by atoms with E-state index >= 15 is 0 Å². The van der Waals surface area contributed by atoms with Crippen molar-refractivity contribution in [1.82, 2.24) is 5.32 Å². The zero-order valence-corrected chi connectivity index (χ0v) is 13.5. The van der Waals surface area contributed by atoms with Crippen LogP contribution in [-0.4, -0.2) is 25.8 Å². The van der Waals surface area contributed by atoms with Gasteiger partial charge in [0.05, 0.1) is 6.61 Å². The predicted molar refractivity (Wildman–Crippen MR) is 93.8 cm³/mol. The quantitative estimate of drug-likeness (QED) is 0.724. The summed E-state index contributed by atoms with van der Waals surface area (Å²) in [4.78, 5) is 11.6. The van der Waals surface area contributed by atoms with E-state index < -0.39 is 0 Å². The van der Waals surface area contributed by atoms with Gasteiger partial charge in [0.25, 0.3) is 0 Å². The lowest BCUT2D eigenvalue weighted by molar-refractivity contribution is 0.143.